The maximum atomic E-state index is 11.7. The van der Waals surface area contributed by atoms with Crippen LogP contribution >= 0.6 is 0 Å². The number of aryl methyl sites for hydroxylation is 1. The zero-order valence-electron chi connectivity index (χ0n) is 8.42. The van der Waals surface area contributed by atoms with Gasteiger partial charge in [-0.05, 0) is 11.6 Å². The Morgan fingerprint density at radius 3 is 2.46 bits per heavy atom. The molecule has 1 aromatic rings. The maximum absolute atomic E-state index is 11.7. The lowest BCUT2D eigenvalue weighted by Crippen LogP contribution is -2.21. The third kappa shape index (κ3) is 1.94. The second-order valence-electron chi connectivity index (χ2n) is 3.99. The van der Waals surface area contributed by atoms with Gasteiger partial charge in [-0.15, -0.1) is 0 Å². The molecule has 0 fully saturated rings. The van der Waals surface area contributed by atoms with Gasteiger partial charge in [0, 0.05) is 5.41 Å². The average molecular weight is 182 g/mol. The van der Waals surface area contributed by atoms with E-state index in [1.807, 2.05) is 27.7 Å². The van der Waals surface area contributed by atoms with Crippen LogP contribution in [0.25, 0.3) is 0 Å². The molecule has 4 nitrogen and oxygen atoms in total. The molecule has 1 heterocycles. The minimum Gasteiger partial charge on any atom is -0.292 e. The first kappa shape index (κ1) is 9.89. The molecule has 13 heavy (non-hydrogen) atoms. The van der Waals surface area contributed by atoms with E-state index in [2.05, 4.69) is 14.9 Å². The number of ketones is 1. The van der Waals surface area contributed by atoms with E-state index in [-0.39, 0.29) is 5.78 Å². The van der Waals surface area contributed by atoms with Crippen LogP contribution in [0.2, 0.25) is 0 Å². The second-order valence-corrected chi connectivity index (χ2v) is 3.99. The molecule has 0 aliphatic rings. The summed E-state index contributed by atoms with van der Waals surface area (Å²) >= 11 is 0. The van der Waals surface area contributed by atoms with Gasteiger partial charge in [-0.2, -0.15) is 0 Å². The van der Waals surface area contributed by atoms with Crippen molar-refractivity contribution in [1.82, 2.24) is 10.3 Å². The highest BCUT2D eigenvalue weighted by atomic mass is 16.6. The summed E-state index contributed by atoms with van der Waals surface area (Å²) in [6, 6.07) is 0. The molecule has 0 aliphatic carbocycles. The minimum atomic E-state index is -0.428. The number of carbonyl (C=O) groups excluding carboxylic acids is 1. The van der Waals surface area contributed by atoms with Gasteiger partial charge in [0.1, 0.15) is 5.69 Å². The molecule has 1 rings (SSSR count). The number of hydrogen-bond donors (Lipinski definition) is 0. The number of carbonyl (C=O) groups is 1. The summed E-state index contributed by atoms with van der Waals surface area (Å²) in [5, 5.41) is 7.28. The Morgan fingerprint density at radius 1 is 1.38 bits per heavy atom. The van der Waals surface area contributed by atoms with E-state index in [9.17, 15) is 4.79 Å². The summed E-state index contributed by atoms with van der Waals surface area (Å²) in [6.45, 7) is 7.47. The quantitative estimate of drug-likeness (QED) is 0.655. The van der Waals surface area contributed by atoms with Gasteiger partial charge in [-0.25, -0.2) is 4.63 Å². The van der Waals surface area contributed by atoms with Crippen molar-refractivity contribution in [3.8, 4) is 0 Å². The van der Waals surface area contributed by atoms with Crippen molar-refractivity contribution in [2.24, 2.45) is 5.41 Å². The molecule has 4 heteroatoms. The molecule has 0 aromatic carbocycles. The van der Waals surface area contributed by atoms with Crippen molar-refractivity contribution in [2.45, 2.75) is 34.1 Å². The van der Waals surface area contributed by atoms with Crippen molar-refractivity contribution in [1.29, 1.82) is 0 Å². The molecule has 1 aromatic heterocycles. The maximum Gasteiger partial charge on any atom is 0.192 e. The van der Waals surface area contributed by atoms with Crippen LogP contribution in [0, 0.1) is 5.41 Å². The van der Waals surface area contributed by atoms with Gasteiger partial charge in [-0.3, -0.25) is 4.79 Å². The van der Waals surface area contributed by atoms with E-state index >= 15 is 0 Å². The highest BCUT2D eigenvalue weighted by Crippen LogP contribution is 2.21. The van der Waals surface area contributed by atoms with Gasteiger partial charge in [0.25, 0.3) is 0 Å². The van der Waals surface area contributed by atoms with Crippen LogP contribution in [-0.4, -0.2) is 16.1 Å². The number of nitrogens with zero attached hydrogens (tertiary/aromatic N) is 2. The predicted octanol–water partition coefficient (Wildman–Crippen LogP) is 1.86. The van der Waals surface area contributed by atoms with Gasteiger partial charge < -0.3 is 0 Å². The zero-order valence-corrected chi connectivity index (χ0v) is 8.42. The Hall–Kier alpha value is -1.19. The first-order chi connectivity index (χ1) is 5.96. The van der Waals surface area contributed by atoms with E-state index in [0.717, 1.165) is 0 Å². The van der Waals surface area contributed by atoms with Gasteiger partial charge in [0.2, 0.25) is 0 Å². The smallest absolute Gasteiger partial charge is 0.192 e. The van der Waals surface area contributed by atoms with E-state index in [0.29, 0.717) is 17.8 Å². The molecule has 0 bridgehead atoms. The number of hydrogen-bond acceptors (Lipinski definition) is 4. The lowest BCUT2D eigenvalue weighted by atomic mass is 9.88. The van der Waals surface area contributed by atoms with Crippen molar-refractivity contribution < 1.29 is 9.42 Å². The standard InChI is InChI=1S/C9H14N2O2/c1-5-6-7(11-13-10-6)8(12)9(2,3)4/h5H2,1-4H3. The molecular formula is C9H14N2O2. The van der Waals surface area contributed by atoms with E-state index in [1.54, 1.807) is 0 Å². The molecule has 0 radical (unpaired) electrons. The number of aromatic nitrogens is 2. The normalized spacial score (nSPS) is 11.7. The molecular weight excluding hydrogens is 168 g/mol. The topological polar surface area (TPSA) is 56.0 Å². The first-order valence-electron chi connectivity index (χ1n) is 4.33. The number of rotatable bonds is 2. The van der Waals surface area contributed by atoms with E-state index in [4.69, 9.17) is 0 Å². The first-order valence-corrected chi connectivity index (χ1v) is 4.33. The monoisotopic (exact) mass is 182 g/mol. The highest BCUT2D eigenvalue weighted by Gasteiger charge is 2.28. The third-order valence-corrected chi connectivity index (χ3v) is 1.79. The fourth-order valence-electron chi connectivity index (χ4n) is 0.966. The van der Waals surface area contributed by atoms with Crippen LogP contribution in [0.4, 0.5) is 0 Å². The third-order valence-electron chi connectivity index (χ3n) is 1.79. The predicted molar refractivity (Wildman–Crippen MR) is 47.5 cm³/mol. The molecule has 0 spiro atoms. The Labute approximate surface area is 77.3 Å². The molecule has 0 saturated carbocycles. The molecule has 0 aliphatic heterocycles. The Bertz CT molecular complexity index is 310. The molecule has 72 valence electrons. The summed E-state index contributed by atoms with van der Waals surface area (Å²) in [7, 11) is 0. The van der Waals surface area contributed by atoms with Gasteiger partial charge in [0.05, 0.1) is 0 Å². The average Bonchev–Trinajstić information content (AvgIpc) is 2.48. The van der Waals surface area contributed by atoms with Crippen LogP contribution in [0.5, 0.6) is 0 Å². The summed E-state index contributed by atoms with van der Waals surface area (Å²) in [4.78, 5) is 11.7. The fraction of sp³-hybridized carbons (Fsp3) is 0.667. The molecule has 0 saturated heterocycles. The van der Waals surface area contributed by atoms with Gasteiger partial charge in [0.15, 0.2) is 11.5 Å². The van der Waals surface area contributed by atoms with Crippen molar-refractivity contribution in [2.75, 3.05) is 0 Å². The van der Waals surface area contributed by atoms with E-state index < -0.39 is 5.41 Å². The van der Waals surface area contributed by atoms with Crippen LogP contribution in [0.1, 0.15) is 43.9 Å². The lowest BCUT2D eigenvalue weighted by molar-refractivity contribution is 0.0847. The van der Waals surface area contributed by atoms with Crippen molar-refractivity contribution in [3.63, 3.8) is 0 Å². The Kier molecular flexibility index (Phi) is 2.50. The van der Waals surface area contributed by atoms with Crippen LogP contribution < -0.4 is 0 Å². The largest absolute Gasteiger partial charge is 0.292 e. The summed E-state index contributed by atoms with van der Waals surface area (Å²) in [5.41, 5.74) is 0.581. The zero-order chi connectivity index (χ0) is 10.1. The highest BCUT2D eigenvalue weighted by molar-refractivity contribution is 5.98. The second kappa shape index (κ2) is 3.28. The van der Waals surface area contributed by atoms with Crippen LogP contribution in [0.3, 0.4) is 0 Å². The van der Waals surface area contributed by atoms with E-state index in [1.165, 1.54) is 0 Å². The fourth-order valence-corrected chi connectivity index (χ4v) is 0.966. The van der Waals surface area contributed by atoms with Gasteiger partial charge in [-0.1, -0.05) is 32.9 Å². The lowest BCUT2D eigenvalue weighted by Gasteiger charge is -2.14. The summed E-state index contributed by atoms with van der Waals surface area (Å²) in [5.74, 6) is -0.0226. The number of Topliss-reactive ketones (excluding diaryl/α,β-unsaturated/α-hetero) is 1. The molecule has 0 unspecified atom stereocenters. The summed E-state index contributed by atoms with van der Waals surface area (Å²) < 4.78 is 4.53. The van der Waals surface area contributed by atoms with Crippen molar-refractivity contribution in [3.05, 3.63) is 11.4 Å². The Morgan fingerprint density at radius 2 is 2.00 bits per heavy atom. The minimum absolute atomic E-state index is 0.0226. The Balaban J connectivity index is 3.02. The molecule has 0 atom stereocenters. The van der Waals surface area contributed by atoms with Gasteiger partial charge >= 0.3 is 0 Å². The molecule has 0 amide bonds. The SMILES string of the molecule is CCc1nonc1C(=O)C(C)(C)C. The summed E-state index contributed by atoms with van der Waals surface area (Å²) in [6.07, 6.45) is 0.667. The van der Waals surface area contributed by atoms with Crippen LogP contribution in [0.15, 0.2) is 4.63 Å². The molecule has 0 N–H and O–H groups in total. The van der Waals surface area contributed by atoms with Crippen molar-refractivity contribution >= 4 is 5.78 Å². The van der Waals surface area contributed by atoms with Crippen LogP contribution in [-0.2, 0) is 6.42 Å².